The molecular formula is C22H27N2O4+. The molecule has 0 spiro atoms. The van der Waals surface area contributed by atoms with Crippen LogP contribution in [0.15, 0.2) is 36.4 Å². The molecule has 1 aliphatic heterocycles. The largest absolute Gasteiger partial charge is 0.493 e. The van der Waals surface area contributed by atoms with Crippen LogP contribution < -0.4 is 19.7 Å². The molecule has 2 N–H and O–H groups in total. The molecule has 0 saturated heterocycles. The number of hydrogen-bond acceptors (Lipinski definition) is 4. The van der Waals surface area contributed by atoms with E-state index in [-0.39, 0.29) is 17.7 Å². The predicted molar refractivity (Wildman–Crippen MR) is 107 cm³/mol. The molecule has 2 aromatic rings. The van der Waals surface area contributed by atoms with Gasteiger partial charge in [-0.05, 0) is 43.7 Å². The summed E-state index contributed by atoms with van der Waals surface area (Å²) in [6, 6.07) is 10.9. The number of ketones is 1. The van der Waals surface area contributed by atoms with Crippen LogP contribution in [0.5, 0.6) is 11.5 Å². The van der Waals surface area contributed by atoms with Crippen molar-refractivity contribution in [3.05, 3.63) is 53.1 Å². The van der Waals surface area contributed by atoms with Gasteiger partial charge in [0.05, 0.1) is 20.8 Å². The van der Waals surface area contributed by atoms with Crippen LogP contribution in [-0.4, -0.2) is 38.5 Å². The molecule has 2 atom stereocenters. The van der Waals surface area contributed by atoms with Crippen molar-refractivity contribution in [1.29, 1.82) is 0 Å². The number of amides is 1. The molecule has 2 aromatic carbocycles. The predicted octanol–water partition coefficient (Wildman–Crippen LogP) is 1.87. The topological polar surface area (TPSA) is 69.1 Å². The molecule has 3 rings (SSSR count). The normalized spacial score (nSPS) is 16.6. The molecular weight excluding hydrogens is 356 g/mol. The first-order valence-corrected chi connectivity index (χ1v) is 9.43. The Hall–Kier alpha value is -2.86. The Balaban J connectivity index is 1.71. The lowest BCUT2D eigenvalue weighted by molar-refractivity contribution is -0.929. The van der Waals surface area contributed by atoms with Crippen LogP contribution in [-0.2, 0) is 17.8 Å². The summed E-state index contributed by atoms with van der Waals surface area (Å²) in [5.41, 5.74) is 3.65. The summed E-state index contributed by atoms with van der Waals surface area (Å²) in [7, 11) is 3.26. The van der Waals surface area contributed by atoms with Crippen LogP contribution in [0.3, 0.4) is 0 Å². The Morgan fingerprint density at radius 2 is 1.75 bits per heavy atom. The minimum atomic E-state index is -0.220. The molecule has 0 saturated carbocycles. The number of quaternary nitrogens is 1. The minimum Gasteiger partial charge on any atom is -0.493 e. The van der Waals surface area contributed by atoms with E-state index in [1.807, 2.05) is 19.1 Å². The van der Waals surface area contributed by atoms with Gasteiger partial charge in [-0.15, -0.1) is 0 Å². The Labute approximate surface area is 165 Å². The molecule has 1 aliphatic rings. The van der Waals surface area contributed by atoms with Crippen molar-refractivity contribution in [2.75, 3.05) is 26.1 Å². The molecule has 0 fully saturated rings. The van der Waals surface area contributed by atoms with Gasteiger partial charge in [0.15, 0.2) is 23.3 Å². The van der Waals surface area contributed by atoms with E-state index >= 15 is 0 Å². The second kappa shape index (κ2) is 8.44. The average Bonchev–Trinajstić information content (AvgIpc) is 2.71. The summed E-state index contributed by atoms with van der Waals surface area (Å²) in [6.07, 6.45) is 0.877. The van der Waals surface area contributed by atoms with E-state index in [0.29, 0.717) is 17.0 Å². The zero-order chi connectivity index (χ0) is 20.3. The van der Waals surface area contributed by atoms with E-state index in [1.165, 1.54) is 23.0 Å². The lowest BCUT2D eigenvalue weighted by Gasteiger charge is -2.30. The number of rotatable bonds is 6. The van der Waals surface area contributed by atoms with E-state index in [4.69, 9.17) is 9.47 Å². The zero-order valence-corrected chi connectivity index (χ0v) is 16.8. The lowest BCUT2D eigenvalue weighted by atomic mass is 9.97. The molecule has 6 nitrogen and oxygen atoms in total. The standard InChI is InChI=1S/C22H26N2O4/c1-14(22(26)23-19-7-5-6-16(10-19)15(2)25)24-9-8-17-11-20(27-3)21(28-4)12-18(17)13-24/h5-7,10-12,14H,8-9,13H2,1-4H3,(H,23,26)/p+1/t14-/m1/s1. The first-order chi connectivity index (χ1) is 13.4. The summed E-state index contributed by atoms with van der Waals surface area (Å²) >= 11 is 0. The molecule has 6 heteroatoms. The number of fused-ring (bicyclic) bond motifs is 1. The number of carbonyl (C=O) groups is 2. The summed E-state index contributed by atoms with van der Waals surface area (Å²) in [5.74, 6) is 1.37. The molecule has 0 aromatic heterocycles. The maximum Gasteiger partial charge on any atom is 0.282 e. The lowest BCUT2D eigenvalue weighted by Crippen LogP contribution is -3.16. The van der Waals surface area contributed by atoms with Crippen LogP contribution in [0.2, 0.25) is 0 Å². The smallest absolute Gasteiger partial charge is 0.282 e. The third-order valence-corrected chi connectivity index (χ3v) is 5.38. The third-order valence-electron chi connectivity index (χ3n) is 5.38. The Morgan fingerprint density at radius 1 is 1.07 bits per heavy atom. The number of nitrogens with one attached hydrogen (secondary N) is 2. The van der Waals surface area contributed by atoms with E-state index in [0.717, 1.165) is 25.3 Å². The number of Topliss-reactive ketones (excluding diaryl/α,β-unsaturated/α-hetero) is 1. The fourth-order valence-electron chi connectivity index (χ4n) is 3.61. The highest BCUT2D eigenvalue weighted by Gasteiger charge is 2.30. The highest BCUT2D eigenvalue weighted by Crippen LogP contribution is 2.31. The highest BCUT2D eigenvalue weighted by atomic mass is 16.5. The van der Waals surface area contributed by atoms with Crippen LogP contribution in [0, 0.1) is 0 Å². The van der Waals surface area contributed by atoms with Gasteiger partial charge in [0.1, 0.15) is 6.54 Å². The molecule has 148 valence electrons. The first-order valence-electron chi connectivity index (χ1n) is 9.43. The van der Waals surface area contributed by atoms with E-state index in [2.05, 4.69) is 5.32 Å². The van der Waals surface area contributed by atoms with Gasteiger partial charge in [-0.1, -0.05) is 12.1 Å². The zero-order valence-electron chi connectivity index (χ0n) is 16.8. The van der Waals surface area contributed by atoms with Gasteiger partial charge < -0.3 is 19.7 Å². The van der Waals surface area contributed by atoms with Gasteiger partial charge in [0.2, 0.25) is 0 Å². The fraction of sp³-hybridized carbons (Fsp3) is 0.364. The quantitative estimate of drug-likeness (QED) is 0.748. The van der Waals surface area contributed by atoms with Crippen LogP contribution in [0.4, 0.5) is 5.69 Å². The molecule has 1 amide bonds. The van der Waals surface area contributed by atoms with Crippen molar-refractivity contribution in [1.82, 2.24) is 0 Å². The first kappa shape index (κ1) is 19.9. The third kappa shape index (κ3) is 4.17. The summed E-state index contributed by atoms with van der Waals surface area (Å²) in [6.45, 7) is 5.07. The van der Waals surface area contributed by atoms with Gasteiger partial charge in [-0.2, -0.15) is 0 Å². The molecule has 0 aliphatic carbocycles. The maximum absolute atomic E-state index is 12.8. The van der Waals surface area contributed by atoms with Crippen LogP contribution >= 0.6 is 0 Å². The number of anilines is 1. The van der Waals surface area contributed by atoms with Crippen molar-refractivity contribution >= 4 is 17.4 Å². The Kier molecular flexibility index (Phi) is 5.99. The van der Waals surface area contributed by atoms with E-state index in [9.17, 15) is 9.59 Å². The fourth-order valence-corrected chi connectivity index (χ4v) is 3.61. The van der Waals surface area contributed by atoms with Crippen molar-refractivity contribution in [2.24, 2.45) is 0 Å². The molecule has 28 heavy (non-hydrogen) atoms. The SMILES string of the molecule is COc1cc2c(cc1OC)C[NH+]([C@H](C)C(=O)Nc1cccc(C(C)=O)c1)CC2. The van der Waals surface area contributed by atoms with Crippen molar-refractivity contribution < 1.29 is 24.0 Å². The van der Waals surface area contributed by atoms with Crippen molar-refractivity contribution in [2.45, 2.75) is 32.9 Å². The van der Waals surface area contributed by atoms with Gasteiger partial charge >= 0.3 is 0 Å². The average molecular weight is 383 g/mol. The monoisotopic (exact) mass is 383 g/mol. The molecule has 0 radical (unpaired) electrons. The van der Waals surface area contributed by atoms with Crippen LogP contribution in [0.1, 0.15) is 35.3 Å². The minimum absolute atomic E-state index is 0.0215. The Morgan fingerprint density at radius 3 is 2.39 bits per heavy atom. The van der Waals surface area contributed by atoms with Crippen LogP contribution in [0.25, 0.3) is 0 Å². The van der Waals surface area contributed by atoms with Gasteiger partial charge in [-0.25, -0.2) is 0 Å². The number of ether oxygens (including phenoxy) is 2. The summed E-state index contributed by atoms with van der Waals surface area (Å²) in [4.78, 5) is 25.5. The summed E-state index contributed by atoms with van der Waals surface area (Å²) in [5, 5.41) is 2.94. The molecule has 1 unspecified atom stereocenters. The number of benzene rings is 2. The maximum atomic E-state index is 12.8. The molecule has 1 heterocycles. The Bertz CT molecular complexity index is 894. The number of methoxy groups -OCH3 is 2. The number of carbonyl (C=O) groups excluding carboxylic acids is 2. The summed E-state index contributed by atoms with van der Waals surface area (Å²) < 4.78 is 10.8. The number of hydrogen-bond donors (Lipinski definition) is 2. The second-order valence-corrected chi connectivity index (χ2v) is 7.16. The van der Waals surface area contributed by atoms with Crippen molar-refractivity contribution in [3.8, 4) is 11.5 Å². The van der Waals surface area contributed by atoms with Gasteiger partial charge in [0.25, 0.3) is 5.91 Å². The van der Waals surface area contributed by atoms with Gasteiger partial charge in [0, 0.05) is 23.2 Å². The van der Waals surface area contributed by atoms with E-state index < -0.39 is 0 Å². The molecule has 0 bridgehead atoms. The van der Waals surface area contributed by atoms with E-state index in [1.54, 1.807) is 38.5 Å². The van der Waals surface area contributed by atoms with Crippen molar-refractivity contribution in [3.63, 3.8) is 0 Å². The highest BCUT2D eigenvalue weighted by molar-refractivity contribution is 5.97. The van der Waals surface area contributed by atoms with Gasteiger partial charge in [-0.3, -0.25) is 9.59 Å². The second-order valence-electron chi connectivity index (χ2n) is 7.16.